The van der Waals surface area contributed by atoms with Gasteiger partial charge < -0.3 is 4.74 Å². The van der Waals surface area contributed by atoms with Crippen LogP contribution in [-0.4, -0.2) is 31.1 Å². The number of carbonyl (C=O) groups is 1. The molecule has 1 aromatic heterocycles. The summed E-state index contributed by atoms with van der Waals surface area (Å²) in [7, 11) is 6.48. The normalized spacial score (nSPS) is 9.42. The summed E-state index contributed by atoms with van der Waals surface area (Å²) in [4.78, 5) is 21.8. The van der Waals surface area contributed by atoms with Crippen molar-refractivity contribution >= 4 is 19.3 Å². The fourth-order valence-corrected chi connectivity index (χ4v) is 0.725. The number of methoxy groups -OCH3 is 1. The van der Waals surface area contributed by atoms with Gasteiger partial charge in [-0.1, -0.05) is 5.46 Å². The van der Waals surface area contributed by atoms with Gasteiger partial charge in [-0.25, -0.2) is 9.89 Å². The van der Waals surface area contributed by atoms with E-state index < -0.39 is 11.5 Å². The number of hydrogen-bond acceptors (Lipinski definition) is 4. The topological polar surface area (TPSA) is 72.0 Å². The predicted molar refractivity (Wildman–Crippen MR) is 41.6 cm³/mol. The van der Waals surface area contributed by atoms with Crippen molar-refractivity contribution in [2.75, 3.05) is 7.11 Å². The average Bonchev–Trinajstić information content (AvgIpc) is 2.03. The third kappa shape index (κ3) is 1.36. The molecule has 1 rings (SSSR count). The lowest BCUT2D eigenvalue weighted by Gasteiger charge is -1.99. The maximum absolute atomic E-state index is 10.9. The van der Waals surface area contributed by atoms with E-state index in [0.717, 1.165) is 0 Å². The molecule has 0 saturated heterocycles. The predicted octanol–water partition coefficient (Wildman–Crippen LogP) is -1.65. The Balaban J connectivity index is 3.31. The molecule has 0 fully saturated rings. The third-order valence-corrected chi connectivity index (χ3v) is 1.27. The number of esters is 1. The van der Waals surface area contributed by atoms with Gasteiger partial charge in [0.2, 0.25) is 0 Å². The minimum absolute atomic E-state index is 0.00519. The zero-order chi connectivity index (χ0) is 9.14. The number of H-pyrrole nitrogens is 1. The quantitative estimate of drug-likeness (QED) is 0.398. The first-order valence-corrected chi connectivity index (χ1v) is 3.08. The summed E-state index contributed by atoms with van der Waals surface area (Å²) in [6, 6.07) is 0. The molecule has 12 heavy (non-hydrogen) atoms. The second kappa shape index (κ2) is 3.21. The SMILES string of the molecule is [B]c1cn[nH]c(=O)c1C(=O)OC. The van der Waals surface area contributed by atoms with Gasteiger partial charge in [-0.05, 0) is 0 Å². The lowest BCUT2D eigenvalue weighted by molar-refractivity contribution is 0.0600. The zero-order valence-corrected chi connectivity index (χ0v) is 6.33. The maximum atomic E-state index is 10.9. The molecular weight excluding hydrogens is 159 g/mol. The molecule has 0 atom stereocenters. The molecule has 0 aliphatic carbocycles. The Bertz CT molecular complexity index is 360. The van der Waals surface area contributed by atoms with Crippen molar-refractivity contribution < 1.29 is 9.53 Å². The Morgan fingerprint density at radius 3 is 2.92 bits per heavy atom. The Kier molecular flexibility index (Phi) is 2.28. The van der Waals surface area contributed by atoms with Crippen LogP contribution in [0.1, 0.15) is 10.4 Å². The number of nitrogens with zero attached hydrogens (tertiary/aromatic N) is 1. The van der Waals surface area contributed by atoms with Crippen LogP contribution in [0.3, 0.4) is 0 Å². The second-order valence-electron chi connectivity index (χ2n) is 2.02. The van der Waals surface area contributed by atoms with E-state index in [-0.39, 0.29) is 11.0 Å². The molecule has 60 valence electrons. The van der Waals surface area contributed by atoms with Crippen molar-refractivity contribution in [1.82, 2.24) is 10.2 Å². The van der Waals surface area contributed by atoms with Crippen LogP contribution in [-0.2, 0) is 4.74 Å². The molecule has 0 spiro atoms. The van der Waals surface area contributed by atoms with Crippen molar-refractivity contribution in [3.05, 3.63) is 22.1 Å². The van der Waals surface area contributed by atoms with Crippen molar-refractivity contribution in [3.8, 4) is 0 Å². The highest BCUT2D eigenvalue weighted by Crippen LogP contribution is 1.85. The number of hydrogen-bond donors (Lipinski definition) is 1. The smallest absolute Gasteiger partial charge is 0.342 e. The molecule has 2 radical (unpaired) electrons. The average molecular weight is 164 g/mol. The molecule has 0 aromatic carbocycles. The van der Waals surface area contributed by atoms with Crippen LogP contribution >= 0.6 is 0 Å². The Labute approximate surface area is 69.2 Å². The first-order chi connectivity index (χ1) is 5.66. The van der Waals surface area contributed by atoms with Crippen LogP contribution in [0.5, 0.6) is 0 Å². The monoisotopic (exact) mass is 164 g/mol. The van der Waals surface area contributed by atoms with Crippen LogP contribution in [0.15, 0.2) is 11.0 Å². The van der Waals surface area contributed by atoms with E-state index >= 15 is 0 Å². The second-order valence-corrected chi connectivity index (χ2v) is 2.02. The van der Waals surface area contributed by atoms with Crippen LogP contribution in [0.4, 0.5) is 0 Å². The standard InChI is InChI=1S/C6H5BN2O3/c1-12-6(11)4-3(7)2-8-9-5(4)10/h2H,1H3,(H,9,10). The molecule has 1 N–H and O–H groups in total. The molecule has 5 nitrogen and oxygen atoms in total. The van der Waals surface area contributed by atoms with Crippen molar-refractivity contribution in [2.45, 2.75) is 0 Å². The van der Waals surface area contributed by atoms with Crippen LogP contribution in [0.2, 0.25) is 0 Å². The van der Waals surface area contributed by atoms with Crippen molar-refractivity contribution in [1.29, 1.82) is 0 Å². The van der Waals surface area contributed by atoms with Gasteiger partial charge in [-0.15, -0.1) is 0 Å². The highest BCUT2D eigenvalue weighted by molar-refractivity contribution is 6.35. The number of aromatic nitrogens is 2. The fraction of sp³-hybridized carbons (Fsp3) is 0.167. The number of ether oxygens (including phenoxy) is 1. The molecule has 0 amide bonds. The molecule has 6 heteroatoms. The highest BCUT2D eigenvalue weighted by Gasteiger charge is 2.12. The number of rotatable bonds is 1. The highest BCUT2D eigenvalue weighted by atomic mass is 16.5. The molecular formula is C6H5BN2O3. The van der Waals surface area contributed by atoms with Gasteiger partial charge in [0, 0.05) is 6.20 Å². The lowest BCUT2D eigenvalue weighted by atomic mass is 9.94. The van der Waals surface area contributed by atoms with E-state index in [1.807, 2.05) is 0 Å². The molecule has 0 saturated carbocycles. The van der Waals surface area contributed by atoms with E-state index in [9.17, 15) is 9.59 Å². The van der Waals surface area contributed by atoms with Gasteiger partial charge in [-0.2, -0.15) is 5.10 Å². The molecule has 0 aliphatic rings. The maximum Gasteiger partial charge on any atom is 0.342 e. The molecule has 0 bridgehead atoms. The van der Waals surface area contributed by atoms with E-state index in [2.05, 4.69) is 14.9 Å². The summed E-state index contributed by atoms with van der Waals surface area (Å²) in [6.45, 7) is 0. The summed E-state index contributed by atoms with van der Waals surface area (Å²) in [6.07, 6.45) is 1.17. The zero-order valence-electron chi connectivity index (χ0n) is 6.33. The Morgan fingerprint density at radius 2 is 2.42 bits per heavy atom. The fourth-order valence-electron chi connectivity index (χ4n) is 0.725. The molecule has 1 heterocycles. The van der Waals surface area contributed by atoms with E-state index in [1.165, 1.54) is 13.3 Å². The van der Waals surface area contributed by atoms with Crippen molar-refractivity contribution in [3.63, 3.8) is 0 Å². The minimum atomic E-state index is -0.767. The Morgan fingerprint density at radius 1 is 1.75 bits per heavy atom. The summed E-state index contributed by atoms with van der Waals surface area (Å²) in [5, 5.41) is 5.46. The van der Waals surface area contributed by atoms with E-state index in [0.29, 0.717) is 0 Å². The Hall–Kier alpha value is -1.59. The number of nitrogens with one attached hydrogen (secondary N) is 1. The van der Waals surface area contributed by atoms with Crippen LogP contribution in [0, 0.1) is 0 Å². The summed E-state index contributed by atoms with van der Waals surface area (Å²) in [5.41, 5.74) is -0.861. The van der Waals surface area contributed by atoms with Crippen LogP contribution in [0.25, 0.3) is 0 Å². The van der Waals surface area contributed by atoms with E-state index in [1.54, 1.807) is 0 Å². The molecule has 0 unspecified atom stereocenters. The molecule has 0 aliphatic heterocycles. The summed E-state index contributed by atoms with van der Waals surface area (Å²) in [5.74, 6) is -0.767. The first-order valence-electron chi connectivity index (χ1n) is 3.08. The summed E-state index contributed by atoms with van der Waals surface area (Å²) < 4.78 is 4.33. The van der Waals surface area contributed by atoms with E-state index in [4.69, 9.17) is 7.85 Å². The number of aromatic amines is 1. The van der Waals surface area contributed by atoms with Gasteiger partial charge in [-0.3, -0.25) is 4.79 Å². The van der Waals surface area contributed by atoms with Crippen molar-refractivity contribution in [2.24, 2.45) is 0 Å². The van der Waals surface area contributed by atoms with Gasteiger partial charge in [0.15, 0.2) is 0 Å². The minimum Gasteiger partial charge on any atom is -0.465 e. The largest absolute Gasteiger partial charge is 0.465 e. The van der Waals surface area contributed by atoms with Gasteiger partial charge >= 0.3 is 5.97 Å². The number of carbonyl (C=O) groups excluding carboxylic acids is 1. The lowest BCUT2D eigenvalue weighted by Crippen LogP contribution is -2.30. The van der Waals surface area contributed by atoms with Gasteiger partial charge in [0.25, 0.3) is 5.56 Å². The van der Waals surface area contributed by atoms with Gasteiger partial charge in [0.05, 0.1) is 7.11 Å². The summed E-state index contributed by atoms with van der Waals surface area (Å²) >= 11 is 0. The molecule has 1 aromatic rings. The van der Waals surface area contributed by atoms with Gasteiger partial charge in [0.1, 0.15) is 13.4 Å². The third-order valence-electron chi connectivity index (χ3n) is 1.27. The first kappa shape index (κ1) is 8.51. The van der Waals surface area contributed by atoms with Crippen LogP contribution < -0.4 is 11.0 Å².